The van der Waals surface area contributed by atoms with Crippen LogP contribution in [-0.2, 0) is 30.5 Å². The van der Waals surface area contributed by atoms with Crippen molar-refractivity contribution in [3.63, 3.8) is 0 Å². The van der Waals surface area contributed by atoms with Gasteiger partial charge >= 0.3 is 0 Å². The molecule has 0 saturated heterocycles. The van der Waals surface area contributed by atoms with Gasteiger partial charge in [-0.1, -0.05) is 31.0 Å². The Hall–Kier alpha value is -2.11. The van der Waals surface area contributed by atoms with E-state index >= 15 is 0 Å². The fourth-order valence-electron chi connectivity index (χ4n) is 2.57. The average Bonchev–Trinajstić information content (AvgIpc) is 2.80. The van der Waals surface area contributed by atoms with Crippen molar-refractivity contribution < 1.29 is 32.3 Å². The first-order valence-electron chi connectivity index (χ1n) is 11.4. The van der Waals surface area contributed by atoms with Crippen LogP contribution in [0.2, 0.25) is 0 Å². The molecule has 0 aliphatic heterocycles. The molecule has 35 heavy (non-hydrogen) atoms. The van der Waals surface area contributed by atoms with Crippen LogP contribution >= 0.6 is 0 Å². The van der Waals surface area contributed by atoms with E-state index in [1.807, 2.05) is 6.92 Å². The topological polar surface area (TPSA) is 125 Å². The van der Waals surface area contributed by atoms with E-state index in [9.17, 15) is 22.9 Å². The zero-order valence-electron chi connectivity index (χ0n) is 20.9. The van der Waals surface area contributed by atoms with E-state index in [-0.39, 0.29) is 34.9 Å². The largest absolute Gasteiger partial charge is 0.744 e. The lowest BCUT2D eigenvalue weighted by Gasteiger charge is -2.13. The van der Waals surface area contributed by atoms with Gasteiger partial charge in [0.05, 0.1) is 30.4 Å². The summed E-state index contributed by atoms with van der Waals surface area (Å²) in [6, 6.07) is 12.9. The number of nitrogens with one attached hydrogen (secondary N) is 1. The van der Waals surface area contributed by atoms with E-state index in [2.05, 4.69) is 24.8 Å². The van der Waals surface area contributed by atoms with Crippen LogP contribution in [0.25, 0.3) is 0 Å². The number of hydrogen-bond donors (Lipinski definition) is 2. The van der Waals surface area contributed by atoms with Crippen LogP contribution in [0.4, 0.5) is 5.69 Å². The molecule has 0 aliphatic carbocycles. The Morgan fingerprint density at radius 1 is 1.09 bits per heavy atom. The maximum absolute atomic E-state index is 11.8. The number of aliphatic hydroxyl groups is 1. The summed E-state index contributed by atoms with van der Waals surface area (Å²) in [6.07, 6.45) is 6.23. The summed E-state index contributed by atoms with van der Waals surface area (Å²) in [5.74, 6) is 1.60. The Morgan fingerprint density at radius 2 is 1.71 bits per heavy atom. The van der Waals surface area contributed by atoms with Gasteiger partial charge in [0.2, 0.25) is 5.91 Å². The number of ether oxygens (including phenoxy) is 2. The summed E-state index contributed by atoms with van der Waals surface area (Å²) < 4.78 is 42.0. The second-order valence-electron chi connectivity index (χ2n) is 8.17. The molecule has 0 aliphatic rings. The summed E-state index contributed by atoms with van der Waals surface area (Å²) in [5.41, 5.74) is 1.68. The molecule has 2 N–H and O–H groups in total. The molecule has 0 radical (unpaired) electrons. The molecule has 1 amide bonds. The van der Waals surface area contributed by atoms with Crippen LogP contribution in [0, 0.1) is 6.92 Å². The van der Waals surface area contributed by atoms with Crippen molar-refractivity contribution in [2.75, 3.05) is 43.4 Å². The van der Waals surface area contributed by atoms with E-state index in [0.29, 0.717) is 18.8 Å². The van der Waals surface area contributed by atoms with Crippen LogP contribution in [0.3, 0.4) is 0 Å². The summed E-state index contributed by atoms with van der Waals surface area (Å²) in [4.78, 5) is 11.6. The monoisotopic (exact) mass is 527 g/mol. The third-order valence-corrected chi connectivity index (χ3v) is 6.45. The van der Waals surface area contributed by atoms with Gasteiger partial charge in [-0.25, -0.2) is 8.42 Å². The number of benzene rings is 2. The lowest BCUT2D eigenvalue weighted by molar-refractivity contribution is -0.115. The van der Waals surface area contributed by atoms with E-state index < -0.39 is 16.2 Å². The Morgan fingerprint density at radius 3 is 2.26 bits per heavy atom. The Balaban J connectivity index is 0.000000462. The molecule has 10 heteroatoms. The number of anilines is 1. The van der Waals surface area contributed by atoms with Gasteiger partial charge in [0.25, 0.3) is 0 Å². The van der Waals surface area contributed by atoms with Crippen molar-refractivity contribution in [3.8, 4) is 5.75 Å². The molecule has 1 unspecified atom stereocenters. The average molecular weight is 528 g/mol. The number of amides is 1. The van der Waals surface area contributed by atoms with E-state index in [1.165, 1.54) is 12.1 Å². The molecular weight excluding hydrogens is 490 g/mol. The number of hydrogen-bond acceptors (Lipinski definition) is 7. The number of rotatable bonds is 13. The minimum absolute atomic E-state index is 0.0320. The van der Waals surface area contributed by atoms with Crippen molar-refractivity contribution in [2.24, 2.45) is 0 Å². The molecule has 1 atom stereocenters. The molecule has 0 fully saturated rings. The molecule has 196 valence electrons. The molecule has 0 spiro atoms. The molecule has 0 saturated carbocycles. The molecule has 0 aromatic heterocycles. The normalized spacial score (nSPS) is 12.0. The predicted octanol–water partition coefficient (Wildman–Crippen LogP) is 3.35. The minimum Gasteiger partial charge on any atom is -0.744 e. The number of unbranched alkanes of at least 4 members (excludes halogenated alkanes) is 1. The van der Waals surface area contributed by atoms with Crippen molar-refractivity contribution >= 4 is 32.6 Å². The third kappa shape index (κ3) is 14.8. The summed E-state index contributed by atoms with van der Waals surface area (Å²) in [7, 11) is -3.99. The molecular formula is C25H37NO7S2. The van der Waals surface area contributed by atoms with Gasteiger partial charge in [0, 0.05) is 12.3 Å². The number of carbonyl (C=O) groups excluding carboxylic acids is 1. The Labute approximate surface area is 212 Å². The van der Waals surface area contributed by atoms with Gasteiger partial charge in [-0.15, -0.1) is 0 Å². The lowest BCUT2D eigenvalue weighted by Crippen LogP contribution is -2.23. The first kappa shape index (κ1) is 30.9. The predicted molar refractivity (Wildman–Crippen MR) is 140 cm³/mol. The number of aliphatic hydroxyl groups excluding tert-OH is 1. The van der Waals surface area contributed by atoms with Gasteiger partial charge < -0.3 is 24.4 Å². The van der Waals surface area contributed by atoms with E-state index in [1.54, 1.807) is 36.4 Å². The Kier molecular flexibility index (Phi) is 14.6. The highest BCUT2D eigenvalue weighted by atomic mass is 32.2. The van der Waals surface area contributed by atoms with Crippen molar-refractivity contribution in [1.29, 1.82) is 0 Å². The van der Waals surface area contributed by atoms with Gasteiger partial charge in [-0.3, -0.25) is 4.79 Å². The maximum Gasteiger partial charge on any atom is 0.229 e. The van der Waals surface area contributed by atoms with Crippen molar-refractivity contribution in [1.82, 2.24) is 0 Å². The minimum atomic E-state index is -4.27. The number of aryl methyl sites for hydroxylation is 1. The van der Waals surface area contributed by atoms with Crippen molar-refractivity contribution in [3.05, 3.63) is 54.1 Å². The van der Waals surface area contributed by atoms with Crippen LogP contribution in [0.1, 0.15) is 31.7 Å². The fraction of sp³-hybridized carbons (Fsp3) is 0.480. The fourth-order valence-corrected chi connectivity index (χ4v) is 3.63. The maximum atomic E-state index is 11.8. The summed E-state index contributed by atoms with van der Waals surface area (Å²) in [6.45, 7) is 5.05. The third-order valence-electron chi connectivity index (χ3n) is 4.58. The SMILES string of the molecule is CCCCOCC(O)COc1ccc(NC(=O)CC[S+](C)C)cc1.Cc1ccc(S(=O)(=O)[O-])cc1. The van der Waals surface area contributed by atoms with Crippen molar-refractivity contribution in [2.45, 2.75) is 44.1 Å². The van der Waals surface area contributed by atoms with Crippen LogP contribution < -0.4 is 10.1 Å². The highest BCUT2D eigenvalue weighted by Gasteiger charge is 2.09. The highest BCUT2D eigenvalue weighted by molar-refractivity contribution is 7.95. The van der Waals surface area contributed by atoms with Gasteiger partial charge in [-0.2, -0.15) is 0 Å². The summed E-state index contributed by atoms with van der Waals surface area (Å²) >= 11 is 0. The molecule has 2 rings (SSSR count). The van der Waals surface area contributed by atoms with Crippen LogP contribution in [0.15, 0.2) is 53.4 Å². The molecule has 0 heterocycles. The lowest BCUT2D eigenvalue weighted by atomic mass is 10.2. The molecule has 8 nitrogen and oxygen atoms in total. The second kappa shape index (κ2) is 16.5. The molecule has 0 bridgehead atoms. The highest BCUT2D eigenvalue weighted by Crippen LogP contribution is 2.16. The molecule has 2 aromatic rings. The van der Waals surface area contributed by atoms with Gasteiger partial charge in [-0.05, 0) is 60.6 Å². The standard InChI is InChI=1S/C18H29NO4S.C7H8O3S/c1-4-5-11-22-13-16(20)14-23-17-8-6-15(7-9-17)19-18(21)10-12-24(2)3;1-6-2-4-7(5-3-6)11(8,9)10/h6-9,16,20H,4-5,10-14H2,1-3H3;2-5H,1H3,(H,8,9,10). The van der Waals surface area contributed by atoms with Gasteiger partial charge in [0.15, 0.2) is 0 Å². The zero-order chi connectivity index (χ0) is 26.3. The Bertz CT molecular complexity index is 962. The van der Waals surface area contributed by atoms with E-state index in [4.69, 9.17) is 9.47 Å². The second-order valence-corrected chi connectivity index (χ2v) is 11.9. The zero-order valence-corrected chi connectivity index (χ0v) is 22.5. The smallest absolute Gasteiger partial charge is 0.229 e. The van der Waals surface area contributed by atoms with Gasteiger partial charge in [0.1, 0.15) is 34.3 Å². The first-order valence-corrected chi connectivity index (χ1v) is 15.0. The first-order chi connectivity index (χ1) is 16.5. The summed E-state index contributed by atoms with van der Waals surface area (Å²) in [5, 5.41) is 12.7. The quantitative estimate of drug-likeness (QED) is 0.232. The van der Waals surface area contributed by atoms with E-state index in [0.717, 1.165) is 29.8 Å². The number of carbonyl (C=O) groups is 1. The van der Waals surface area contributed by atoms with Crippen LogP contribution in [-0.4, -0.2) is 68.2 Å². The van der Waals surface area contributed by atoms with Crippen LogP contribution in [0.5, 0.6) is 5.75 Å². The molecule has 2 aromatic carbocycles.